The van der Waals surface area contributed by atoms with Crippen molar-refractivity contribution >= 4 is 5.91 Å². The largest absolute Gasteiger partial charge is 0.372 e. The average Bonchev–Trinajstić information content (AvgIpc) is 2.97. The van der Waals surface area contributed by atoms with Gasteiger partial charge in [-0.25, -0.2) is 14.4 Å². The molecule has 0 spiro atoms. The number of carbonyl (C=O) groups excluding carboxylic acids is 1. The standard InChI is InChI=1S/C20H37FN4O2/c1-15(2)27-19-11-12-24(13-17(19)21)20(26)18-14-23(3)22-25(18)16-9-7-5-4-6-8-10-16/h15-19,22H,4-14H2,1-3H3/t17-,18?,19+/m1/s1. The van der Waals surface area contributed by atoms with E-state index < -0.39 is 6.17 Å². The van der Waals surface area contributed by atoms with E-state index in [2.05, 4.69) is 10.5 Å². The molecule has 0 radical (unpaired) electrons. The molecule has 2 aliphatic heterocycles. The number of piperidine rings is 1. The number of halogens is 1. The van der Waals surface area contributed by atoms with E-state index in [1.807, 2.05) is 25.9 Å². The van der Waals surface area contributed by atoms with Crippen LogP contribution in [0.15, 0.2) is 0 Å². The fourth-order valence-corrected chi connectivity index (χ4v) is 4.70. The maximum atomic E-state index is 14.6. The van der Waals surface area contributed by atoms with Crippen molar-refractivity contribution in [3.8, 4) is 0 Å². The molecule has 7 heteroatoms. The zero-order valence-corrected chi connectivity index (χ0v) is 17.2. The Morgan fingerprint density at radius 1 is 1.07 bits per heavy atom. The van der Waals surface area contributed by atoms with Crippen LogP contribution >= 0.6 is 0 Å². The molecule has 1 unspecified atom stereocenters. The van der Waals surface area contributed by atoms with Gasteiger partial charge in [0, 0.05) is 26.2 Å². The molecule has 0 aromatic rings. The molecule has 156 valence electrons. The average molecular weight is 385 g/mol. The number of carbonyl (C=O) groups is 1. The first-order valence-electron chi connectivity index (χ1n) is 10.8. The molecule has 0 aromatic carbocycles. The lowest BCUT2D eigenvalue weighted by Gasteiger charge is -2.39. The Labute approximate surface area is 163 Å². The Balaban J connectivity index is 1.62. The summed E-state index contributed by atoms with van der Waals surface area (Å²) in [6.45, 7) is 5.23. The molecule has 0 aromatic heterocycles. The van der Waals surface area contributed by atoms with Gasteiger partial charge in [0.1, 0.15) is 12.2 Å². The smallest absolute Gasteiger partial charge is 0.242 e. The highest BCUT2D eigenvalue weighted by Crippen LogP contribution is 2.26. The number of nitrogens with one attached hydrogen (secondary N) is 1. The van der Waals surface area contributed by atoms with Gasteiger partial charge < -0.3 is 9.64 Å². The van der Waals surface area contributed by atoms with Crippen LogP contribution in [0.3, 0.4) is 0 Å². The van der Waals surface area contributed by atoms with E-state index >= 15 is 0 Å². The van der Waals surface area contributed by atoms with Crippen LogP contribution in [0.1, 0.15) is 65.2 Å². The number of hydrogen-bond donors (Lipinski definition) is 1. The second kappa shape index (κ2) is 9.63. The Morgan fingerprint density at radius 2 is 1.74 bits per heavy atom. The second-order valence-corrected chi connectivity index (χ2v) is 8.71. The van der Waals surface area contributed by atoms with Gasteiger partial charge in [-0.3, -0.25) is 4.79 Å². The van der Waals surface area contributed by atoms with Crippen molar-refractivity contribution in [3.63, 3.8) is 0 Å². The summed E-state index contributed by atoms with van der Waals surface area (Å²) in [5, 5.41) is 4.15. The molecule has 0 bridgehead atoms. The van der Waals surface area contributed by atoms with E-state index in [4.69, 9.17) is 4.74 Å². The summed E-state index contributed by atoms with van der Waals surface area (Å²) in [6, 6.07) is 0.154. The van der Waals surface area contributed by atoms with Gasteiger partial charge in [-0.1, -0.05) is 32.1 Å². The van der Waals surface area contributed by atoms with Crippen molar-refractivity contribution in [3.05, 3.63) is 0 Å². The lowest BCUT2D eigenvalue weighted by Crippen LogP contribution is -2.57. The number of likely N-dealkylation sites (tertiary alicyclic amines) is 1. The zero-order valence-electron chi connectivity index (χ0n) is 17.2. The third kappa shape index (κ3) is 5.40. The van der Waals surface area contributed by atoms with E-state index in [-0.39, 0.29) is 30.7 Å². The third-order valence-electron chi connectivity index (χ3n) is 6.06. The van der Waals surface area contributed by atoms with Gasteiger partial charge >= 0.3 is 0 Å². The molecule has 3 rings (SSSR count). The predicted octanol–water partition coefficient (Wildman–Crippen LogP) is 2.50. The lowest BCUT2D eigenvalue weighted by molar-refractivity contribution is -0.144. The minimum Gasteiger partial charge on any atom is -0.372 e. The summed E-state index contributed by atoms with van der Waals surface area (Å²) >= 11 is 0. The molecule has 2 saturated heterocycles. The molecule has 2 heterocycles. The van der Waals surface area contributed by atoms with Crippen LogP contribution in [0.25, 0.3) is 0 Å². The van der Waals surface area contributed by atoms with Crippen molar-refractivity contribution in [2.45, 2.75) is 95.7 Å². The summed E-state index contributed by atoms with van der Waals surface area (Å²) in [7, 11) is 1.98. The van der Waals surface area contributed by atoms with Gasteiger partial charge in [-0.05, 0) is 33.1 Å². The highest BCUT2D eigenvalue weighted by molar-refractivity contribution is 5.82. The molecule has 3 atom stereocenters. The number of rotatable bonds is 4. The van der Waals surface area contributed by atoms with E-state index in [9.17, 15) is 9.18 Å². The summed E-state index contributed by atoms with van der Waals surface area (Å²) in [5.41, 5.74) is 3.39. The molecule has 3 fully saturated rings. The summed E-state index contributed by atoms with van der Waals surface area (Å²) < 4.78 is 20.2. The molecule has 1 amide bonds. The van der Waals surface area contributed by atoms with Crippen molar-refractivity contribution < 1.29 is 13.9 Å². The molecule has 1 N–H and O–H groups in total. The topological polar surface area (TPSA) is 48.1 Å². The number of likely N-dealkylation sites (N-methyl/N-ethyl adjacent to an activating group) is 1. The third-order valence-corrected chi connectivity index (χ3v) is 6.06. The normalized spacial score (nSPS) is 32.6. The van der Waals surface area contributed by atoms with Gasteiger partial charge in [-0.15, -0.1) is 0 Å². The summed E-state index contributed by atoms with van der Waals surface area (Å²) in [6.07, 6.45) is 7.68. The van der Waals surface area contributed by atoms with Gasteiger partial charge in [0.05, 0.1) is 18.8 Å². The first kappa shape index (κ1) is 21.0. The molecular weight excluding hydrogens is 347 g/mol. The number of ether oxygens (including phenoxy) is 1. The predicted molar refractivity (Wildman–Crippen MR) is 104 cm³/mol. The van der Waals surface area contributed by atoms with Crippen molar-refractivity contribution in [1.29, 1.82) is 0 Å². The highest BCUT2D eigenvalue weighted by Gasteiger charge is 2.42. The molecule has 27 heavy (non-hydrogen) atoms. The Bertz CT molecular complexity index is 485. The Kier molecular flexibility index (Phi) is 7.48. The van der Waals surface area contributed by atoms with Crippen LogP contribution in [0, 0.1) is 0 Å². The van der Waals surface area contributed by atoms with Crippen molar-refractivity contribution in [2.24, 2.45) is 0 Å². The van der Waals surface area contributed by atoms with Gasteiger partial charge in [0.2, 0.25) is 5.91 Å². The maximum absolute atomic E-state index is 14.6. The fourth-order valence-electron chi connectivity index (χ4n) is 4.70. The van der Waals surface area contributed by atoms with Gasteiger partial charge in [-0.2, -0.15) is 5.53 Å². The van der Waals surface area contributed by atoms with Crippen molar-refractivity contribution in [2.75, 3.05) is 26.7 Å². The monoisotopic (exact) mass is 384 g/mol. The molecule has 1 aliphatic carbocycles. The number of hydrogen-bond acceptors (Lipinski definition) is 5. The molecule has 3 aliphatic rings. The van der Waals surface area contributed by atoms with Crippen LogP contribution in [-0.2, 0) is 9.53 Å². The minimum atomic E-state index is -1.10. The van der Waals surface area contributed by atoms with Crippen LogP contribution in [0.5, 0.6) is 0 Å². The second-order valence-electron chi connectivity index (χ2n) is 8.71. The van der Waals surface area contributed by atoms with E-state index in [1.54, 1.807) is 4.90 Å². The Hall–Kier alpha value is -0.760. The minimum absolute atomic E-state index is 0.0120. The van der Waals surface area contributed by atoms with Gasteiger partial charge in [0.15, 0.2) is 0 Å². The number of hydrazine groups is 2. The quantitative estimate of drug-likeness (QED) is 0.807. The number of alkyl halides is 1. The summed E-state index contributed by atoms with van der Waals surface area (Å²) in [4.78, 5) is 15.0. The van der Waals surface area contributed by atoms with Crippen LogP contribution in [0.4, 0.5) is 4.39 Å². The first-order chi connectivity index (χ1) is 13.0. The lowest BCUT2D eigenvalue weighted by atomic mass is 9.95. The molecule has 6 nitrogen and oxygen atoms in total. The molecule has 1 saturated carbocycles. The van der Waals surface area contributed by atoms with E-state index in [0.717, 1.165) is 12.8 Å². The molecular formula is C20H37FN4O2. The number of amides is 1. The summed E-state index contributed by atoms with van der Waals surface area (Å²) in [5.74, 6) is 0.0551. The first-order valence-corrected chi connectivity index (χ1v) is 10.8. The maximum Gasteiger partial charge on any atom is 0.242 e. The van der Waals surface area contributed by atoms with E-state index in [0.29, 0.717) is 25.6 Å². The van der Waals surface area contributed by atoms with Crippen LogP contribution < -0.4 is 5.53 Å². The number of nitrogens with zero attached hydrogens (tertiary/aromatic N) is 3. The highest BCUT2D eigenvalue weighted by atomic mass is 19.1. The Morgan fingerprint density at radius 3 is 2.37 bits per heavy atom. The zero-order chi connectivity index (χ0) is 19.4. The van der Waals surface area contributed by atoms with Crippen LogP contribution in [-0.4, -0.2) is 78.0 Å². The van der Waals surface area contributed by atoms with Crippen molar-refractivity contribution in [1.82, 2.24) is 20.5 Å². The fraction of sp³-hybridized carbons (Fsp3) is 0.950. The van der Waals surface area contributed by atoms with Crippen LogP contribution in [0.2, 0.25) is 0 Å². The van der Waals surface area contributed by atoms with E-state index in [1.165, 1.54) is 32.1 Å². The SMILES string of the molecule is CC(C)O[C@H]1CCN(C(=O)C2CN(C)NN2C2CCCCCCC2)C[C@H]1F. The van der Waals surface area contributed by atoms with Gasteiger partial charge in [0.25, 0.3) is 0 Å².